The summed E-state index contributed by atoms with van der Waals surface area (Å²) >= 11 is 6.12. The summed E-state index contributed by atoms with van der Waals surface area (Å²) in [6.45, 7) is 7.88. The van der Waals surface area contributed by atoms with E-state index in [9.17, 15) is 13.2 Å². The number of hydrogen-bond acceptors (Lipinski definition) is 5. The summed E-state index contributed by atoms with van der Waals surface area (Å²) in [7, 11) is -3.86. The van der Waals surface area contributed by atoms with Gasteiger partial charge in [-0.1, -0.05) is 18.5 Å². The molecule has 1 fully saturated rings. The summed E-state index contributed by atoms with van der Waals surface area (Å²) < 4.78 is 35.3. The largest absolute Gasteiger partial charge is 0.377 e. The van der Waals surface area contributed by atoms with Gasteiger partial charge in [-0.2, -0.15) is 5.10 Å². The minimum Gasteiger partial charge on any atom is -0.377 e. The number of amides is 1. The highest BCUT2D eigenvalue weighted by molar-refractivity contribution is 7.89. The lowest BCUT2D eigenvalue weighted by Crippen LogP contribution is -2.33. The summed E-state index contributed by atoms with van der Waals surface area (Å²) in [4.78, 5) is 12.5. The Hall–Kier alpha value is -1.94. The molecule has 2 heterocycles. The van der Waals surface area contributed by atoms with Gasteiger partial charge in [-0.25, -0.2) is 13.1 Å². The molecule has 170 valence electrons. The second-order valence-electron chi connectivity index (χ2n) is 8.06. The van der Waals surface area contributed by atoms with Gasteiger partial charge in [0, 0.05) is 37.5 Å². The highest BCUT2D eigenvalue weighted by Gasteiger charge is 2.23. The lowest BCUT2D eigenvalue weighted by atomic mass is 10.1. The smallest absolute Gasteiger partial charge is 0.251 e. The molecule has 0 spiro atoms. The minimum atomic E-state index is -3.86. The Balaban J connectivity index is 1.61. The molecule has 1 amide bonds. The maximum Gasteiger partial charge on any atom is 0.251 e. The zero-order chi connectivity index (χ0) is 22.6. The molecular weight excluding hydrogens is 440 g/mol. The molecule has 0 aliphatic carbocycles. The second kappa shape index (κ2) is 10.1. The van der Waals surface area contributed by atoms with Crippen molar-refractivity contribution in [3.05, 3.63) is 46.2 Å². The average molecular weight is 469 g/mol. The van der Waals surface area contributed by atoms with Crippen LogP contribution in [0.25, 0.3) is 0 Å². The molecule has 2 aromatic rings. The molecule has 2 N–H and O–H groups in total. The van der Waals surface area contributed by atoms with Gasteiger partial charge < -0.3 is 10.1 Å². The Bertz CT molecular complexity index is 1030. The molecule has 0 radical (unpaired) electrons. The van der Waals surface area contributed by atoms with E-state index in [0.717, 1.165) is 24.2 Å². The quantitative estimate of drug-likeness (QED) is 0.589. The molecule has 3 rings (SSSR count). The van der Waals surface area contributed by atoms with Crippen LogP contribution in [0, 0.1) is 19.8 Å². The van der Waals surface area contributed by atoms with Crippen LogP contribution in [0.2, 0.25) is 5.02 Å². The normalized spacial score (nSPS) is 17.6. The van der Waals surface area contributed by atoms with Gasteiger partial charge in [0.05, 0.1) is 16.8 Å². The van der Waals surface area contributed by atoms with E-state index < -0.39 is 10.0 Å². The predicted octanol–water partition coefficient (Wildman–Crippen LogP) is 2.68. The van der Waals surface area contributed by atoms with E-state index in [2.05, 4.69) is 15.1 Å². The topological polar surface area (TPSA) is 102 Å². The summed E-state index contributed by atoms with van der Waals surface area (Å²) in [6.07, 6.45) is 1.60. The predicted molar refractivity (Wildman–Crippen MR) is 119 cm³/mol. The van der Waals surface area contributed by atoms with E-state index in [1.54, 1.807) is 0 Å². The first kappa shape index (κ1) is 23.7. The lowest BCUT2D eigenvalue weighted by Gasteiger charge is -2.15. The molecule has 8 nitrogen and oxygen atoms in total. The molecule has 1 aromatic heterocycles. The summed E-state index contributed by atoms with van der Waals surface area (Å²) in [5.41, 5.74) is 2.26. The first-order valence-corrected chi connectivity index (χ1v) is 12.2. The van der Waals surface area contributed by atoms with E-state index in [1.807, 2.05) is 31.5 Å². The number of rotatable bonds is 9. The van der Waals surface area contributed by atoms with Crippen molar-refractivity contribution in [2.45, 2.75) is 51.2 Å². The average Bonchev–Trinajstić information content (AvgIpc) is 3.34. The van der Waals surface area contributed by atoms with Crippen LogP contribution in [0.15, 0.2) is 29.2 Å². The third-order valence-corrected chi connectivity index (χ3v) is 7.11. The molecular formula is C21H29ClN4O4S. The fraction of sp³-hybridized carbons (Fsp3) is 0.524. The number of aryl methyl sites for hydroxylation is 2. The summed E-state index contributed by atoms with van der Waals surface area (Å²) in [6, 6.07) is 6.26. The number of carbonyl (C=O) groups is 1. The highest BCUT2D eigenvalue weighted by Crippen LogP contribution is 2.23. The van der Waals surface area contributed by atoms with Crippen molar-refractivity contribution < 1.29 is 17.9 Å². The molecule has 1 saturated heterocycles. The van der Waals surface area contributed by atoms with Gasteiger partial charge in [-0.15, -0.1) is 0 Å². The monoisotopic (exact) mass is 468 g/mol. The van der Waals surface area contributed by atoms with Gasteiger partial charge in [0.2, 0.25) is 10.0 Å². The number of nitrogens with zero attached hydrogens (tertiary/aromatic N) is 2. The van der Waals surface area contributed by atoms with Crippen LogP contribution in [-0.4, -0.2) is 49.9 Å². The molecule has 31 heavy (non-hydrogen) atoms. The first-order chi connectivity index (χ1) is 14.7. The Morgan fingerprint density at radius 1 is 1.35 bits per heavy atom. The fourth-order valence-corrected chi connectivity index (χ4v) is 5.11. The van der Waals surface area contributed by atoms with E-state index in [1.165, 1.54) is 18.2 Å². The van der Waals surface area contributed by atoms with Crippen molar-refractivity contribution in [3.8, 4) is 0 Å². The van der Waals surface area contributed by atoms with Gasteiger partial charge in [-0.05, 0) is 56.9 Å². The van der Waals surface area contributed by atoms with Gasteiger partial charge in [-0.3, -0.25) is 9.48 Å². The summed E-state index contributed by atoms with van der Waals surface area (Å²) in [5.74, 6) is -0.210. The van der Waals surface area contributed by atoms with Crippen LogP contribution in [-0.2, 0) is 21.3 Å². The Kier molecular flexibility index (Phi) is 7.74. The first-order valence-electron chi connectivity index (χ1n) is 10.4. The van der Waals surface area contributed by atoms with Crippen molar-refractivity contribution in [3.63, 3.8) is 0 Å². The minimum absolute atomic E-state index is 0.0642. The Morgan fingerprint density at radius 3 is 2.77 bits per heavy atom. The number of aromatic nitrogens is 2. The van der Waals surface area contributed by atoms with Crippen LogP contribution in [0.5, 0.6) is 0 Å². The molecule has 2 unspecified atom stereocenters. The number of benzene rings is 1. The zero-order valence-corrected chi connectivity index (χ0v) is 19.6. The maximum atomic E-state index is 12.7. The van der Waals surface area contributed by atoms with Crippen molar-refractivity contribution in [2.24, 2.45) is 5.92 Å². The molecule has 1 aliphatic rings. The SMILES string of the molecule is Cc1cc(C)n(CC(C)CNC(=O)c2ccc(Cl)c(S(=O)(=O)NCC3CCCO3)c2)n1. The Morgan fingerprint density at radius 2 is 2.13 bits per heavy atom. The second-order valence-corrected chi connectivity index (χ2v) is 10.2. The summed E-state index contributed by atoms with van der Waals surface area (Å²) in [5, 5.41) is 7.36. The van der Waals surface area contributed by atoms with Crippen molar-refractivity contribution in [1.29, 1.82) is 0 Å². The van der Waals surface area contributed by atoms with Crippen molar-refractivity contribution >= 4 is 27.5 Å². The number of ether oxygens (including phenoxy) is 1. The molecule has 1 aromatic carbocycles. The molecule has 2 atom stereocenters. The molecule has 0 saturated carbocycles. The van der Waals surface area contributed by atoms with Gasteiger partial charge in [0.15, 0.2) is 0 Å². The standard InChI is InChI=1S/C21H29ClN4O4S/c1-14(13-26-16(3)9-15(2)25-26)11-23-21(27)17-6-7-19(22)20(10-17)31(28,29)24-12-18-5-4-8-30-18/h6-7,9-10,14,18,24H,4-5,8,11-13H2,1-3H3,(H,23,27). The van der Waals surface area contributed by atoms with Crippen LogP contribution >= 0.6 is 11.6 Å². The molecule has 10 heteroatoms. The van der Waals surface area contributed by atoms with Gasteiger partial charge in [0.25, 0.3) is 5.91 Å². The van der Waals surface area contributed by atoms with E-state index in [0.29, 0.717) is 19.7 Å². The lowest BCUT2D eigenvalue weighted by molar-refractivity contribution is 0.0946. The highest BCUT2D eigenvalue weighted by atomic mass is 35.5. The zero-order valence-electron chi connectivity index (χ0n) is 18.0. The van der Waals surface area contributed by atoms with Gasteiger partial charge >= 0.3 is 0 Å². The van der Waals surface area contributed by atoms with Crippen LogP contribution in [0.3, 0.4) is 0 Å². The van der Waals surface area contributed by atoms with Crippen LogP contribution in [0.4, 0.5) is 0 Å². The third kappa shape index (κ3) is 6.29. The van der Waals surface area contributed by atoms with E-state index in [-0.39, 0.29) is 40.0 Å². The molecule has 1 aliphatic heterocycles. The van der Waals surface area contributed by atoms with E-state index >= 15 is 0 Å². The third-order valence-electron chi connectivity index (χ3n) is 5.21. The maximum absolute atomic E-state index is 12.7. The van der Waals surface area contributed by atoms with Crippen molar-refractivity contribution in [2.75, 3.05) is 19.7 Å². The number of carbonyl (C=O) groups excluding carboxylic acids is 1. The van der Waals surface area contributed by atoms with E-state index in [4.69, 9.17) is 16.3 Å². The van der Waals surface area contributed by atoms with Gasteiger partial charge in [0.1, 0.15) is 4.90 Å². The van der Waals surface area contributed by atoms with Crippen LogP contribution < -0.4 is 10.0 Å². The number of hydrogen-bond donors (Lipinski definition) is 2. The number of sulfonamides is 1. The Labute approximate surface area is 188 Å². The van der Waals surface area contributed by atoms with Crippen LogP contribution in [0.1, 0.15) is 41.5 Å². The number of nitrogens with one attached hydrogen (secondary N) is 2. The van der Waals surface area contributed by atoms with Crippen molar-refractivity contribution in [1.82, 2.24) is 19.8 Å². The number of halogens is 1. The fourth-order valence-electron chi connectivity index (χ4n) is 3.52. The molecule has 0 bridgehead atoms.